The minimum atomic E-state index is 0.695. The van der Waals surface area contributed by atoms with Gasteiger partial charge in [0.2, 0.25) is 0 Å². The van der Waals surface area contributed by atoms with E-state index < -0.39 is 0 Å². The fraction of sp³-hybridized carbons (Fsp3) is 0.300. The highest BCUT2D eigenvalue weighted by molar-refractivity contribution is 7.80. The van der Waals surface area contributed by atoms with Crippen molar-refractivity contribution in [3.63, 3.8) is 0 Å². The van der Waals surface area contributed by atoms with Crippen LogP contribution in [0.3, 0.4) is 0 Å². The van der Waals surface area contributed by atoms with Gasteiger partial charge in [0.25, 0.3) is 0 Å². The van der Waals surface area contributed by atoms with Gasteiger partial charge in [-0.15, -0.1) is 0 Å². The third-order valence-electron chi connectivity index (χ3n) is 4.53. The molecule has 0 amide bonds. The molecule has 0 radical (unpaired) electrons. The average Bonchev–Trinajstić information content (AvgIpc) is 2.72. The van der Waals surface area contributed by atoms with E-state index in [9.17, 15) is 5.26 Å². The summed E-state index contributed by atoms with van der Waals surface area (Å²) in [7, 11) is 1.66. The van der Waals surface area contributed by atoms with Gasteiger partial charge >= 0.3 is 0 Å². The summed E-state index contributed by atoms with van der Waals surface area (Å²) in [6, 6.07) is 18.0. The molecule has 0 saturated carbocycles. The molecule has 134 valence electrons. The molecule has 2 aromatic rings. The third-order valence-corrected chi connectivity index (χ3v) is 4.94. The van der Waals surface area contributed by atoms with Crippen LogP contribution in [0.15, 0.2) is 48.5 Å². The van der Waals surface area contributed by atoms with Crippen LogP contribution in [0.2, 0.25) is 0 Å². The lowest BCUT2D eigenvalue weighted by Crippen LogP contribution is -2.51. The highest BCUT2D eigenvalue weighted by Gasteiger charge is 2.20. The summed E-state index contributed by atoms with van der Waals surface area (Å²) in [5.74, 6) is 0.852. The maximum Gasteiger partial charge on any atom is 0.169 e. The molecular formula is C20H22N4OS. The van der Waals surface area contributed by atoms with Crippen molar-refractivity contribution in [3.8, 4) is 11.8 Å². The van der Waals surface area contributed by atoms with E-state index in [2.05, 4.69) is 21.2 Å². The number of rotatable bonds is 4. The molecule has 1 fully saturated rings. The smallest absolute Gasteiger partial charge is 0.169 e. The summed E-state index contributed by atoms with van der Waals surface area (Å²) in [6.07, 6.45) is 0. The number of nitrogens with zero attached hydrogens (tertiary/aromatic N) is 3. The molecule has 2 aromatic carbocycles. The molecule has 5 nitrogen and oxygen atoms in total. The van der Waals surface area contributed by atoms with Gasteiger partial charge in [-0.3, -0.25) is 0 Å². The molecule has 1 aliphatic heterocycles. The highest BCUT2D eigenvalue weighted by Crippen LogP contribution is 2.21. The number of para-hydroxylation sites is 1. The van der Waals surface area contributed by atoms with Crippen LogP contribution < -0.4 is 15.0 Å². The van der Waals surface area contributed by atoms with Crippen molar-refractivity contribution in [2.45, 2.75) is 6.54 Å². The lowest BCUT2D eigenvalue weighted by Gasteiger charge is -2.37. The van der Waals surface area contributed by atoms with Crippen LogP contribution in [0.1, 0.15) is 11.1 Å². The second kappa shape index (κ2) is 8.54. The molecule has 0 spiro atoms. The Morgan fingerprint density at radius 2 is 1.81 bits per heavy atom. The van der Waals surface area contributed by atoms with Gasteiger partial charge in [-0.05, 0) is 42.0 Å². The number of nitriles is 1. The molecule has 3 rings (SSSR count). The van der Waals surface area contributed by atoms with E-state index in [1.165, 1.54) is 0 Å². The molecule has 0 bridgehead atoms. The van der Waals surface area contributed by atoms with Crippen molar-refractivity contribution < 1.29 is 4.74 Å². The minimum absolute atomic E-state index is 0.695. The first-order valence-electron chi connectivity index (χ1n) is 8.61. The molecule has 1 heterocycles. The Morgan fingerprint density at radius 3 is 2.46 bits per heavy atom. The van der Waals surface area contributed by atoms with Gasteiger partial charge in [-0.25, -0.2) is 0 Å². The summed E-state index contributed by atoms with van der Waals surface area (Å²) in [6.45, 7) is 4.08. The molecule has 1 saturated heterocycles. The first-order chi connectivity index (χ1) is 12.7. The number of ether oxygens (including phenoxy) is 1. The fourth-order valence-electron chi connectivity index (χ4n) is 3.03. The lowest BCUT2D eigenvalue weighted by atomic mass is 10.1. The largest absolute Gasteiger partial charge is 0.497 e. The summed E-state index contributed by atoms with van der Waals surface area (Å²) in [4.78, 5) is 4.44. The summed E-state index contributed by atoms with van der Waals surface area (Å²) < 4.78 is 5.17. The van der Waals surface area contributed by atoms with Crippen molar-refractivity contribution in [3.05, 3.63) is 59.7 Å². The Kier molecular flexibility index (Phi) is 5.92. The zero-order chi connectivity index (χ0) is 18.4. The van der Waals surface area contributed by atoms with E-state index >= 15 is 0 Å². The second-order valence-corrected chi connectivity index (χ2v) is 6.50. The van der Waals surface area contributed by atoms with E-state index in [1.54, 1.807) is 7.11 Å². The maximum absolute atomic E-state index is 9.27. The van der Waals surface area contributed by atoms with Crippen molar-refractivity contribution >= 4 is 23.0 Å². The molecule has 1 N–H and O–H groups in total. The molecule has 0 aliphatic carbocycles. The molecular weight excluding hydrogens is 344 g/mol. The van der Waals surface area contributed by atoms with E-state index in [0.717, 1.165) is 53.9 Å². The van der Waals surface area contributed by atoms with Gasteiger partial charge in [-0.1, -0.05) is 24.3 Å². The Hall–Kier alpha value is -2.78. The number of thiocarbonyl (C=S) groups is 1. The van der Waals surface area contributed by atoms with Crippen LogP contribution in [0.5, 0.6) is 5.75 Å². The van der Waals surface area contributed by atoms with Crippen molar-refractivity contribution in [2.24, 2.45) is 0 Å². The van der Waals surface area contributed by atoms with Gasteiger partial charge in [-0.2, -0.15) is 5.26 Å². The Labute approximate surface area is 159 Å². The molecule has 0 aromatic heterocycles. The van der Waals surface area contributed by atoms with E-state index in [-0.39, 0.29) is 0 Å². The molecule has 6 heteroatoms. The monoisotopic (exact) mass is 366 g/mol. The predicted octanol–water partition coefficient (Wildman–Crippen LogP) is 2.76. The van der Waals surface area contributed by atoms with Gasteiger partial charge < -0.3 is 19.9 Å². The molecule has 0 atom stereocenters. The van der Waals surface area contributed by atoms with E-state index in [4.69, 9.17) is 17.0 Å². The standard InChI is InChI=1S/C20H22N4OS/c1-25-18-8-6-16(7-9-18)15-22-20(26)24-12-10-23(11-13-24)19-5-3-2-4-17(19)14-21/h2-9H,10-13,15H2,1H3,(H,22,26). The van der Waals surface area contributed by atoms with Crippen LogP contribution in [0.4, 0.5) is 5.69 Å². The maximum atomic E-state index is 9.27. The highest BCUT2D eigenvalue weighted by atomic mass is 32.1. The molecule has 0 unspecified atom stereocenters. The average molecular weight is 366 g/mol. The predicted molar refractivity (Wildman–Crippen MR) is 107 cm³/mol. The molecule has 26 heavy (non-hydrogen) atoms. The van der Waals surface area contributed by atoms with Crippen molar-refractivity contribution in [2.75, 3.05) is 38.2 Å². The topological polar surface area (TPSA) is 51.5 Å². The SMILES string of the molecule is COc1ccc(CNC(=S)N2CCN(c3ccccc3C#N)CC2)cc1. The van der Waals surface area contributed by atoms with E-state index in [1.807, 2.05) is 48.5 Å². The quantitative estimate of drug-likeness (QED) is 0.840. The van der Waals surface area contributed by atoms with Crippen LogP contribution in [-0.4, -0.2) is 43.3 Å². The first-order valence-corrected chi connectivity index (χ1v) is 9.02. The minimum Gasteiger partial charge on any atom is -0.497 e. The van der Waals surface area contributed by atoms with Gasteiger partial charge in [0.05, 0.1) is 18.4 Å². The second-order valence-electron chi connectivity index (χ2n) is 6.11. The normalized spacial score (nSPS) is 13.8. The zero-order valence-electron chi connectivity index (χ0n) is 14.8. The number of methoxy groups -OCH3 is 1. The van der Waals surface area contributed by atoms with Crippen LogP contribution in [0, 0.1) is 11.3 Å². The summed E-state index contributed by atoms with van der Waals surface area (Å²) in [5.41, 5.74) is 2.89. The van der Waals surface area contributed by atoms with Gasteiger partial charge in [0.15, 0.2) is 5.11 Å². The third kappa shape index (κ3) is 4.24. The summed E-state index contributed by atoms with van der Waals surface area (Å²) in [5, 5.41) is 13.4. The first kappa shape index (κ1) is 18.0. The van der Waals surface area contributed by atoms with Gasteiger partial charge in [0.1, 0.15) is 11.8 Å². The van der Waals surface area contributed by atoms with Gasteiger partial charge in [0, 0.05) is 32.7 Å². The Bertz CT molecular complexity index is 792. The number of nitrogens with one attached hydrogen (secondary N) is 1. The van der Waals surface area contributed by atoms with Crippen LogP contribution in [-0.2, 0) is 6.54 Å². The zero-order valence-corrected chi connectivity index (χ0v) is 15.6. The number of piperazine rings is 1. The number of anilines is 1. The molecule has 1 aliphatic rings. The number of benzene rings is 2. The number of hydrogen-bond donors (Lipinski definition) is 1. The van der Waals surface area contributed by atoms with Crippen molar-refractivity contribution in [1.82, 2.24) is 10.2 Å². The van der Waals surface area contributed by atoms with Crippen molar-refractivity contribution in [1.29, 1.82) is 5.26 Å². The Balaban J connectivity index is 1.51. The van der Waals surface area contributed by atoms with Crippen LogP contribution in [0.25, 0.3) is 0 Å². The van der Waals surface area contributed by atoms with Crippen LogP contribution >= 0.6 is 12.2 Å². The fourth-order valence-corrected chi connectivity index (χ4v) is 3.28. The lowest BCUT2D eigenvalue weighted by molar-refractivity contribution is 0.380. The van der Waals surface area contributed by atoms with E-state index in [0.29, 0.717) is 6.54 Å². The summed E-state index contributed by atoms with van der Waals surface area (Å²) >= 11 is 5.54. The number of hydrogen-bond acceptors (Lipinski definition) is 4. The Morgan fingerprint density at radius 1 is 1.12 bits per heavy atom.